The quantitative estimate of drug-likeness (QED) is 0.347. The number of carboxylic acids is 1. The third kappa shape index (κ3) is 5.47. The van der Waals surface area contributed by atoms with Crippen molar-refractivity contribution in [3.8, 4) is 0 Å². The van der Waals surface area contributed by atoms with E-state index >= 15 is 0 Å². The third-order valence-corrected chi connectivity index (χ3v) is 2.71. The molecular weight excluding hydrogens is 236 g/mol. The van der Waals surface area contributed by atoms with Crippen molar-refractivity contribution in [1.82, 2.24) is 5.32 Å². The first-order valence-corrected chi connectivity index (χ1v) is 5.90. The minimum absolute atomic E-state index is 0.219. The highest BCUT2D eigenvalue weighted by atomic mass is 16.5. The molecule has 0 aromatic carbocycles. The highest BCUT2D eigenvalue weighted by Gasteiger charge is 2.21. The van der Waals surface area contributed by atoms with Gasteiger partial charge in [-0.05, 0) is 26.2 Å². The van der Waals surface area contributed by atoms with Crippen LogP contribution in [0.5, 0.6) is 0 Å². The molecule has 1 aliphatic carbocycles. The number of hydrogen-bond donors (Lipinski definition) is 3. The van der Waals surface area contributed by atoms with Gasteiger partial charge in [0.25, 0.3) is 0 Å². The molecule has 0 fully saturated rings. The molecule has 0 saturated heterocycles. The highest BCUT2D eigenvalue weighted by molar-refractivity contribution is 6.34. The van der Waals surface area contributed by atoms with Crippen LogP contribution in [0.4, 0.5) is 4.79 Å². The van der Waals surface area contributed by atoms with Crippen LogP contribution < -0.4 is 5.32 Å². The van der Waals surface area contributed by atoms with E-state index in [9.17, 15) is 9.59 Å². The zero-order valence-corrected chi connectivity index (χ0v) is 10.4. The summed E-state index contributed by atoms with van der Waals surface area (Å²) in [6.07, 6.45) is 3.00. The first-order valence-electron chi connectivity index (χ1n) is 5.90. The molecule has 1 amide bonds. The largest absolute Gasteiger partial charge is 0.477 e. The van der Waals surface area contributed by atoms with Gasteiger partial charge in [0.15, 0.2) is 0 Å². The molecule has 0 aromatic heterocycles. The zero-order valence-electron chi connectivity index (χ0n) is 10.4. The van der Waals surface area contributed by atoms with Gasteiger partial charge in [0.2, 0.25) is 0 Å². The van der Waals surface area contributed by atoms with Gasteiger partial charge in [0, 0.05) is 12.5 Å². The Labute approximate surface area is 106 Å². The average Bonchev–Trinajstić information content (AvgIpc) is 3.02. The van der Waals surface area contributed by atoms with Gasteiger partial charge in [-0.15, -0.1) is 0 Å². The summed E-state index contributed by atoms with van der Waals surface area (Å²) in [6, 6.07) is 0. The van der Waals surface area contributed by atoms with Crippen LogP contribution in [0.3, 0.4) is 0 Å². The van der Waals surface area contributed by atoms with E-state index in [0.717, 1.165) is 0 Å². The van der Waals surface area contributed by atoms with Gasteiger partial charge in [0.05, 0.1) is 0 Å². The minimum atomic E-state index is -1.19. The van der Waals surface area contributed by atoms with E-state index in [4.69, 9.17) is 15.3 Å². The molecule has 0 bridgehead atoms. The van der Waals surface area contributed by atoms with Crippen LogP contribution in [0.25, 0.3) is 0 Å². The van der Waals surface area contributed by atoms with Gasteiger partial charge >= 0.3 is 12.1 Å². The molecule has 0 saturated carbocycles. The predicted octanol–water partition coefficient (Wildman–Crippen LogP) is 1.56. The van der Waals surface area contributed by atoms with Gasteiger partial charge in [-0.25, -0.2) is 9.59 Å². The molecule has 0 aromatic rings. The number of unbranched alkanes of at least 4 members (excludes halogenated alkanes) is 1. The molecule has 0 heterocycles. The molecular formula is C12H18N2O4. The normalized spacial score (nSPS) is 16.7. The Morgan fingerprint density at radius 1 is 1.50 bits per heavy atom. The van der Waals surface area contributed by atoms with Crippen LogP contribution in [0.15, 0.2) is 11.6 Å². The summed E-state index contributed by atoms with van der Waals surface area (Å²) in [5.41, 5.74) is 0.947. The number of amides is 1. The lowest BCUT2D eigenvalue weighted by Gasteiger charge is -2.06. The van der Waals surface area contributed by atoms with Gasteiger partial charge in [-0.2, -0.15) is 0 Å². The maximum Gasteiger partial charge on any atom is 0.407 e. The molecule has 1 atom stereocenters. The van der Waals surface area contributed by atoms with Crippen molar-refractivity contribution in [3.05, 3.63) is 11.6 Å². The number of alkyl carbamates (subject to hydrolysis) is 1. The van der Waals surface area contributed by atoms with E-state index < -0.39 is 12.1 Å². The van der Waals surface area contributed by atoms with Crippen molar-refractivity contribution in [1.29, 1.82) is 5.41 Å². The first kappa shape index (κ1) is 14.2. The molecule has 6 heteroatoms. The fraction of sp³-hybridized carbons (Fsp3) is 0.583. The molecule has 0 spiro atoms. The Balaban J connectivity index is 1.92. The van der Waals surface area contributed by atoms with Crippen LogP contribution in [0, 0.1) is 11.3 Å². The summed E-state index contributed by atoms with van der Waals surface area (Å²) in [7, 11) is 0. The minimum Gasteiger partial charge on any atom is -0.477 e. The maximum atomic E-state index is 11.2. The Kier molecular flexibility index (Phi) is 5.35. The number of rotatable bonds is 8. The second-order valence-corrected chi connectivity index (χ2v) is 4.28. The summed E-state index contributed by atoms with van der Waals surface area (Å²) in [5, 5.41) is 18.1. The fourth-order valence-electron chi connectivity index (χ4n) is 1.39. The number of carbonyl (C=O) groups excluding carboxylic acids is 1. The second kappa shape index (κ2) is 6.78. The number of nitrogens with one attached hydrogen (secondary N) is 2. The topological polar surface area (TPSA) is 99.5 Å². The van der Waals surface area contributed by atoms with Gasteiger partial charge in [0.1, 0.15) is 12.3 Å². The monoisotopic (exact) mass is 254 g/mol. The van der Waals surface area contributed by atoms with Crippen LogP contribution >= 0.6 is 0 Å². The van der Waals surface area contributed by atoms with Crippen molar-refractivity contribution in [2.24, 2.45) is 5.92 Å². The van der Waals surface area contributed by atoms with E-state index in [1.54, 1.807) is 0 Å². The van der Waals surface area contributed by atoms with Crippen LogP contribution in [0.1, 0.15) is 26.2 Å². The summed E-state index contributed by atoms with van der Waals surface area (Å²) in [5.74, 6) is -0.874. The number of hydrogen-bond acceptors (Lipinski definition) is 4. The smallest absolute Gasteiger partial charge is 0.407 e. The molecule has 6 nitrogen and oxygen atoms in total. The summed E-state index contributed by atoms with van der Waals surface area (Å²) < 4.78 is 4.96. The van der Waals surface area contributed by atoms with Crippen molar-refractivity contribution in [2.45, 2.75) is 26.2 Å². The van der Waals surface area contributed by atoms with Crippen molar-refractivity contribution < 1.29 is 19.4 Å². The maximum absolute atomic E-state index is 11.2. The molecule has 1 unspecified atom stereocenters. The number of carbonyl (C=O) groups is 2. The van der Waals surface area contributed by atoms with Crippen LogP contribution in [-0.4, -0.2) is 36.0 Å². The van der Waals surface area contributed by atoms with Gasteiger partial charge in [-0.1, -0.05) is 11.6 Å². The lowest BCUT2D eigenvalue weighted by molar-refractivity contribution is -0.129. The lowest BCUT2D eigenvalue weighted by Crippen LogP contribution is -2.26. The Hall–Kier alpha value is -1.85. The number of carboxylic acid groups (broad SMARTS) is 1. The van der Waals surface area contributed by atoms with Crippen LogP contribution in [0.2, 0.25) is 0 Å². The zero-order chi connectivity index (χ0) is 13.5. The van der Waals surface area contributed by atoms with Crippen LogP contribution in [-0.2, 0) is 9.53 Å². The summed E-state index contributed by atoms with van der Waals surface area (Å²) in [4.78, 5) is 21.5. The molecule has 18 heavy (non-hydrogen) atoms. The van der Waals surface area contributed by atoms with Crippen molar-refractivity contribution in [3.63, 3.8) is 0 Å². The standard InChI is InChI=1S/C12H18N2O4/c1-8-6-9(8)7-18-12(17)14-5-3-2-4-10(13)11(15)16/h6,9,13H,2-5,7H2,1H3,(H,14,17)(H,15,16). The highest BCUT2D eigenvalue weighted by Crippen LogP contribution is 2.27. The van der Waals surface area contributed by atoms with Crippen molar-refractivity contribution >= 4 is 17.8 Å². The SMILES string of the molecule is CC1=CC1COC(=O)NCCCCC(=N)C(=O)O. The molecule has 3 N–H and O–H groups in total. The lowest BCUT2D eigenvalue weighted by atomic mass is 10.1. The molecule has 100 valence electrons. The number of aliphatic carboxylic acids is 1. The fourth-order valence-corrected chi connectivity index (χ4v) is 1.39. The Bertz CT molecular complexity index is 376. The van der Waals surface area contributed by atoms with E-state index in [1.165, 1.54) is 5.57 Å². The van der Waals surface area contributed by atoms with Crippen molar-refractivity contribution in [2.75, 3.05) is 13.2 Å². The first-order chi connectivity index (χ1) is 8.50. The van der Waals surface area contributed by atoms with Gasteiger partial charge < -0.3 is 15.2 Å². The molecule has 0 radical (unpaired) electrons. The Morgan fingerprint density at radius 3 is 2.72 bits per heavy atom. The second-order valence-electron chi connectivity index (χ2n) is 4.28. The van der Waals surface area contributed by atoms with E-state index in [0.29, 0.717) is 31.9 Å². The van der Waals surface area contributed by atoms with E-state index in [1.807, 2.05) is 13.0 Å². The van der Waals surface area contributed by atoms with E-state index in [-0.39, 0.29) is 12.1 Å². The van der Waals surface area contributed by atoms with Gasteiger partial charge in [-0.3, -0.25) is 5.41 Å². The molecule has 1 aliphatic rings. The predicted molar refractivity (Wildman–Crippen MR) is 65.8 cm³/mol. The summed E-state index contributed by atoms with van der Waals surface area (Å²) in [6.45, 7) is 2.81. The average molecular weight is 254 g/mol. The molecule has 1 rings (SSSR count). The Morgan fingerprint density at radius 2 is 2.17 bits per heavy atom. The van der Waals surface area contributed by atoms with E-state index in [2.05, 4.69) is 5.32 Å². The summed E-state index contributed by atoms with van der Waals surface area (Å²) >= 11 is 0. The third-order valence-electron chi connectivity index (χ3n) is 2.71. The number of ether oxygens (including phenoxy) is 1. The molecule has 0 aliphatic heterocycles.